The van der Waals surface area contributed by atoms with Crippen molar-refractivity contribution >= 4 is 9.84 Å². The summed E-state index contributed by atoms with van der Waals surface area (Å²) in [4.78, 5) is 0. The highest BCUT2D eigenvalue weighted by molar-refractivity contribution is 7.91. The smallest absolute Gasteiger partial charge is 0.151 e. The third kappa shape index (κ3) is 3.20. The molecule has 1 aliphatic heterocycles. The summed E-state index contributed by atoms with van der Waals surface area (Å²) in [6.45, 7) is 2.95. The van der Waals surface area contributed by atoms with E-state index in [0.29, 0.717) is 0 Å². The summed E-state index contributed by atoms with van der Waals surface area (Å²) in [5, 5.41) is 3.27. The molecule has 1 heterocycles. The summed E-state index contributed by atoms with van der Waals surface area (Å²) in [6, 6.07) is 0.369. The number of hydrogen-bond acceptors (Lipinski definition) is 4. The van der Waals surface area contributed by atoms with Gasteiger partial charge in [0.2, 0.25) is 0 Å². The number of nitrogens with one attached hydrogen (secondary N) is 1. The van der Waals surface area contributed by atoms with Crippen LogP contribution in [0.3, 0.4) is 0 Å². The van der Waals surface area contributed by atoms with E-state index in [4.69, 9.17) is 4.74 Å². The largest absolute Gasteiger partial charge is 0.377 e. The molecule has 2 rings (SSSR count). The van der Waals surface area contributed by atoms with E-state index in [0.717, 1.165) is 38.7 Å². The molecule has 1 N–H and O–H groups in total. The number of ether oxygens (including phenoxy) is 1. The zero-order valence-corrected chi connectivity index (χ0v) is 11.5. The number of hydrogen-bond donors (Lipinski definition) is 1. The van der Waals surface area contributed by atoms with Crippen LogP contribution < -0.4 is 5.32 Å². The second-order valence-electron chi connectivity index (χ2n) is 5.41. The molecule has 0 bridgehead atoms. The summed E-state index contributed by atoms with van der Waals surface area (Å²) in [7, 11) is -2.92. The van der Waals surface area contributed by atoms with E-state index in [1.807, 2.05) is 0 Å². The SMILES string of the molecule is CC(NC1CCCC1S(C)(=O)=O)C1CCCO1. The second-order valence-corrected chi connectivity index (χ2v) is 7.68. The van der Waals surface area contributed by atoms with Gasteiger partial charge < -0.3 is 10.1 Å². The zero-order chi connectivity index (χ0) is 12.5. The van der Waals surface area contributed by atoms with Crippen molar-refractivity contribution in [3.63, 3.8) is 0 Å². The third-order valence-electron chi connectivity index (χ3n) is 4.00. The van der Waals surface area contributed by atoms with Gasteiger partial charge in [0.15, 0.2) is 9.84 Å². The Kier molecular flexibility index (Phi) is 4.10. The topological polar surface area (TPSA) is 55.4 Å². The molecule has 1 saturated heterocycles. The van der Waals surface area contributed by atoms with Crippen molar-refractivity contribution in [1.29, 1.82) is 0 Å². The summed E-state index contributed by atoms with van der Waals surface area (Å²) < 4.78 is 29.0. The van der Waals surface area contributed by atoms with Gasteiger partial charge in [0.1, 0.15) is 0 Å². The van der Waals surface area contributed by atoms with Crippen molar-refractivity contribution in [3.05, 3.63) is 0 Å². The molecule has 0 aromatic rings. The van der Waals surface area contributed by atoms with Crippen molar-refractivity contribution in [2.45, 2.75) is 62.5 Å². The number of sulfone groups is 1. The van der Waals surface area contributed by atoms with Gasteiger partial charge in [-0.05, 0) is 32.6 Å². The Morgan fingerprint density at radius 3 is 2.59 bits per heavy atom. The first kappa shape index (κ1) is 13.3. The summed E-state index contributed by atoms with van der Waals surface area (Å²) in [6.07, 6.45) is 6.60. The maximum Gasteiger partial charge on any atom is 0.151 e. The molecule has 0 radical (unpaired) electrons. The van der Waals surface area contributed by atoms with E-state index in [1.165, 1.54) is 6.26 Å². The quantitative estimate of drug-likeness (QED) is 0.823. The van der Waals surface area contributed by atoms with Gasteiger partial charge in [-0.3, -0.25) is 0 Å². The van der Waals surface area contributed by atoms with Crippen LogP contribution in [0.15, 0.2) is 0 Å². The van der Waals surface area contributed by atoms with Gasteiger partial charge in [-0.2, -0.15) is 0 Å². The Bertz CT molecular complexity index is 349. The molecule has 0 aromatic heterocycles. The van der Waals surface area contributed by atoms with E-state index in [-0.39, 0.29) is 23.4 Å². The Hall–Kier alpha value is -0.130. The van der Waals surface area contributed by atoms with Crippen LogP contribution in [0.2, 0.25) is 0 Å². The molecule has 17 heavy (non-hydrogen) atoms. The van der Waals surface area contributed by atoms with Gasteiger partial charge in [0, 0.05) is 24.9 Å². The average molecular weight is 261 g/mol. The van der Waals surface area contributed by atoms with Gasteiger partial charge in [-0.25, -0.2) is 8.42 Å². The summed E-state index contributed by atoms with van der Waals surface area (Å²) >= 11 is 0. The fourth-order valence-electron chi connectivity index (χ4n) is 3.07. The molecule has 4 nitrogen and oxygen atoms in total. The van der Waals surface area contributed by atoms with E-state index in [1.54, 1.807) is 0 Å². The highest BCUT2D eigenvalue weighted by Gasteiger charge is 2.36. The predicted molar refractivity (Wildman–Crippen MR) is 67.8 cm³/mol. The zero-order valence-electron chi connectivity index (χ0n) is 10.7. The number of rotatable bonds is 4. The normalized spacial score (nSPS) is 36.2. The van der Waals surface area contributed by atoms with Crippen molar-refractivity contribution in [2.24, 2.45) is 0 Å². The van der Waals surface area contributed by atoms with Crippen molar-refractivity contribution < 1.29 is 13.2 Å². The highest BCUT2D eigenvalue weighted by atomic mass is 32.2. The lowest BCUT2D eigenvalue weighted by Gasteiger charge is -2.27. The van der Waals surface area contributed by atoms with Crippen LogP contribution in [0.1, 0.15) is 39.0 Å². The van der Waals surface area contributed by atoms with Crippen LogP contribution in [0.5, 0.6) is 0 Å². The van der Waals surface area contributed by atoms with Gasteiger partial charge in [0.25, 0.3) is 0 Å². The molecule has 100 valence electrons. The van der Waals surface area contributed by atoms with Crippen molar-refractivity contribution in [2.75, 3.05) is 12.9 Å². The minimum Gasteiger partial charge on any atom is -0.377 e. The molecule has 4 unspecified atom stereocenters. The van der Waals surface area contributed by atoms with Crippen LogP contribution in [-0.2, 0) is 14.6 Å². The minimum absolute atomic E-state index is 0.115. The lowest BCUT2D eigenvalue weighted by molar-refractivity contribution is 0.0800. The fourth-order valence-corrected chi connectivity index (χ4v) is 4.48. The Balaban J connectivity index is 1.93. The van der Waals surface area contributed by atoms with Crippen LogP contribution in [0, 0.1) is 0 Å². The third-order valence-corrected chi connectivity index (χ3v) is 5.67. The van der Waals surface area contributed by atoms with Crippen molar-refractivity contribution in [3.8, 4) is 0 Å². The predicted octanol–water partition coefficient (Wildman–Crippen LogP) is 1.11. The molecule has 0 spiro atoms. The maximum atomic E-state index is 11.7. The maximum absolute atomic E-state index is 11.7. The van der Waals surface area contributed by atoms with E-state index < -0.39 is 9.84 Å². The minimum atomic E-state index is -2.92. The van der Waals surface area contributed by atoms with E-state index >= 15 is 0 Å². The molecule has 1 saturated carbocycles. The Morgan fingerprint density at radius 2 is 2.00 bits per heavy atom. The van der Waals surface area contributed by atoms with Gasteiger partial charge in [-0.15, -0.1) is 0 Å². The summed E-state index contributed by atoms with van der Waals surface area (Å²) in [5.41, 5.74) is 0. The second kappa shape index (κ2) is 5.24. The molecule has 0 amide bonds. The molecule has 1 aliphatic carbocycles. The Labute approximate surface area is 104 Å². The molecular weight excluding hydrogens is 238 g/mol. The lowest BCUT2D eigenvalue weighted by Crippen LogP contribution is -2.48. The van der Waals surface area contributed by atoms with Crippen molar-refractivity contribution in [1.82, 2.24) is 5.32 Å². The van der Waals surface area contributed by atoms with Crippen LogP contribution in [0.25, 0.3) is 0 Å². The van der Waals surface area contributed by atoms with Gasteiger partial charge >= 0.3 is 0 Å². The van der Waals surface area contributed by atoms with Gasteiger partial charge in [0.05, 0.1) is 11.4 Å². The molecule has 5 heteroatoms. The summed E-state index contributed by atoms with van der Waals surface area (Å²) in [5.74, 6) is 0. The average Bonchev–Trinajstić information content (AvgIpc) is 2.85. The first-order valence-electron chi connectivity index (χ1n) is 6.55. The molecule has 4 atom stereocenters. The van der Waals surface area contributed by atoms with Crippen LogP contribution >= 0.6 is 0 Å². The standard InChI is InChI=1S/C12H23NO3S/c1-9(11-6-4-8-16-11)13-10-5-3-7-12(10)17(2,14)15/h9-13H,3-8H2,1-2H3. The molecule has 2 aliphatic rings. The van der Waals surface area contributed by atoms with E-state index in [2.05, 4.69) is 12.2 Å². The Morgan fingerprint density at radius 1 is 1.24 bits per heavy atom. The monoisotopic (exact) mass is 261 g/mol. The van der Waals surface area contributed by atoms with Crippen LogP contribution in [0.4, 0.5) is 0 Å². The lowest BCUT2D eigenvalue weighted by atomic mass is 10.1. The first-order valence-corrected chi connectivity index (χ1v) is 8.50. The fraction of sp³-hybridized carbons (Fsp3) is 1.00. The molecular formula is C12H23NO3S. The molecule has 0 aromatic carbocycles. The van der Waals surface area contributed by atoms with Crippen LogP contribution in [-0.4, -0.2) is 44.7 Å². The molecule has 2 fully saturated rings. The van der Waals surface area contributed by atoms with E-state index in [9.17, 15) is 8.42 Å². The van der Waals surface area contributed by atoms with Gasteiger partial charge in [-0.1, -0.05) is 6.42 Å². The first-order chi connectivity index (χ1) is 7.98. The highest BCUT2D eigenvalue weighted by Crippen LogP contribution is 2.26.